The van der Waals surface area contributed by atoms with Crippen LogP contribution in [0.15, 0.2) is 60.9 Å². The van der Waals surface area contributed by atoms with E-state index in [-0.39, 0.29) is 23.8 Å². The second-order valence-corrected chi connectivity index (χ2v) is 9.96. The van der Waals surface area contributed by atoms with E-state index in [2.05, 4.69) is 53.6 Å². The Bertz CT molecular complexity index is 1410. The van der Waals surface area contributed by atoms with E-state index >= 15 is 0 Å². The summed E-state index contributed by atoms with van der Waals surface area (Å²) in [4.78, 5) is 24.1. The SMILES string of the molecule is CCC(=O)N1C[C@H](c2nc(-c3ccc([C@H](C)c4ccccc4OC)cc3)c3c(N)nccn23)CC[C@H]1C. The molecule has 5 rings (SSSR count). The van der Waals surface area contributed by atoms with E-state index in [0.717, 1.165) is 46.8 Å². The number of nitrogens with zero attached hydrogens (tertiary/aromatic N) is 4. The maximum absolute atomic E-state index is 12.6. The molecule has 2 aromatic carbocycles. The van der Waals surface area contributed by atoms with Crippen molar-refractivity contribution in [3.63, 3.8) is 0 Å². The van der Waals surface area contributed by atoms with Crippen molar-refractivity contribution in [2.45, 2.75) is 57.9 Å². The summed E-state index contributed by atoms with van der Waals surface area (Å²) in [6.45, 7) is 6.91. The van der Waals surface area contributed by atoms with Crippen LogP contribution in [0.4, 0.5) is 5.82 Å². The molecule has 1 aliphatic rings. The number of ether oxygens (including phenoxy) is 1. The number of piperidine rings is 1. The molecule has 3 heterocycles. The maximum Gasteiger partial charge on any atom is 0.222 e. The fraction of sp³-hybridized carbons (Fsp3) is 0.367. The Morgan fingerprint density at radius 3 is 2.65 bits per heavy atom. The number of nitrogen functional groups attached to an aromatic ring is 1. The number of anilines is 1. The first-order valence-corrected chi connectivity index (χ1v) is 13.1. The molecule has 0 unspecified atom stereocenters. The second-order valence-electron chi connectivity index (χ2n) is 9.96. The van der Waals surface area contributed by atoms with Crippen LogP contribution in [0.5, 0.6) is 5.75 Å². The summed E-state index contributed by atoms with van der Waals surface area (Å²) in [6.07, 6.45) is 6.10. The monoisotopic (exact) mass is 497 g/mol. The van der Waals surface area contributed by atoms with Gasteiger partial charge in [0, 0.05) is 54.4 Å². The van der Waals surface area contributed by atoms with E-state index in [4.69, 9.17) is 15.5 Å². The summed E-state index contributed by atoms with van der Waals surface area (Å²) >= 11 is 0. The molecule has 37 heavy (non-hydrogen) atoms. The Hall–Kier alpha value is -3.87. The number of aromatic nitrogens is 3. The normalized spacial score (nSPS) is 18.6. The van der Waals surface area contributed by atoms with Crippen molar-refractivity contribution in [1.82, 2.24) is 19.3 Å². The third-order valence-corrected chi connectivity index (χ3v) is 7.77. The lowest BCUT2D eigenvalue weighted by molar-refractivity contribution is -0.134. The Balaban J connectivity index is 1.51. The van der Waals surface area contributed by atoms with Gasteiger partial charge in [-0.1, -0.05) is 56.3 Å². The molecule has 0 aliphatic carbocycles. The van der Waals surface area contributed by atoms with Gasteiger partial charge in [-0.2, -0.15) is 0 Å². The number of likely N-dealkylation sites (tertiary alicyclic amines) is 1. The van der Waals surface area contributed by atoms with Crippen LogP contribution in [0.1, 0.15) is 68.8 Å². The molecule has 7 heteroatoms. The molecule has 1 amide bonds. The predicted molar refractivity (Wildman–Crippen MR) is 147 cm³/mol. The minimum absolute atomic E-state index is 0.139. The van der Waals surface area contributed by atoms with E-state index in [1.54, 1.807) is 13.3 Å². The van der Waals surface area contributed by atoms with E-state index in [1.807, 2.05) is 36.2 Å². The second kappa shape index (κ2) is 10.2. The maximum atomic E-state index is 12.6. The lowest BCUT2D eigenvalue weighted by Gasteiger charge is -2.37. The van der Waals surface area contributed by atoms with Crippen LogP contribution in [0.2, 0.25) is 0 Å². The Morgan fingerprint density at radius 2 is 1.92 bits per heavy atom. The van der Waals surface area contributed by atoms with Crippen molar-refractivity contribution < 1.29 is 9.53 Å². The smallest absolute Gasteiger partial charge is 0.222 e. The van der Waals surface area contributed by atoms with Gasteiger partial charge in [0.25, 0.3) is 0 Å². The van der Waals surface area contributed by atoms with Crippen LogP contribution < -0.4 is 10.5 Å². The summed E-state index contributed by atoms with van der Waals surface area (Å²) in [5, 5.41) is 0. The van der Waals surface area contributed by atoms with Crippen LogP contribution >= 0.6 is 0 Å². The zero-order chi connectivity index (χ0) is 26.1. The van der Waals surface area contributed by atoms with Crippen LogP contribution in [0, 0.1) is 0 Å². The van der Waals surface area contributed by atoms with Gasteiger partial charge in [0.05, 0.1) is 7.11 Å². The zero-order valence-electron chi connectivity index (χ0n) is 22.0. The van der Waals surface area contributed by atoms with Gasteiger partial charge in [-0.05, 0) is 31.4 Å². The van der Waals surface area contributed by atoms with Crippen LogP contribution in [-0.2, 0) is 4.79 Å². The largest absolute Gasteiger partial charge is 0.496 e. The van der Waals surface area contributed by atoms with E-state index < -0.39 is 0 Å². The van der Waals surface area contributed by atoms with E-state index in [0.29, 0.717) is 18.8 Å². The number of para-hydroxylation sites is 1. The van der Waals surface area contributed by atoms with Crippen molar-refractivity contribution in [3.8, 4) is 17.0 Å². The highest BCUT2D eigenvalue weighted by molar-refractivity contribution is 5.85. The number of amides is 1. The molecule has 3 atom stereocenters. The summed E-state index contributed by atoms with van der Waals surface area (Å²) in [7, 11) is 1.71. The van der Waals surface area contributed by atoms with Crippen molar-refractivity contribution in [1.29, 1.82) is 0 Å². The molecule has 1 saturated heterocycles. The summed E-state index contributed by atoms with van der Waals surface area (Å²) < 4.78 is 7.65. The Kier molecular flexibility index (Phi) is 6.87. The number of rotatable bonds is 6. The highest BCUT2D eigenvalue weighted by Gasteiger charge is 2.32. The number of carbonyl (C=O) groups is 1. The molecule has 0 bridgehead atoms. The van der Waals surface area contributed by atoms with Gasteiger partial charge < -0.3 is 15.4 Å². The zero-order valence-corrected chi connectivity index (χ0v) is 22.0. The number of hydrogen-bond donors (Lipinski definition) is 1. The standard InChI is InChI=1S/C30H35N5O2/c1-5-26(36)35-18-23(11-10-19(35)2)30-33-27(28-29(31)32-16-17-34(28)30)22-14-12-21(13-15-22)20(3)24-8-6-7-9-25(24)37-4/h6-9,12-17,19-20,23H,5,10-11,18H2,1-4H3,(H2,31,32)/t19-,20+,23-/m1/s1. The number of fused-ring (bicyclic) bond motifs is 1. The van der Waals surface area contributed by atoms with Gasteiger partial charge in [0.1, 0.15) is 28.6 Å². The number of methoxy groups -OCH3 is 1. The molecule has 1 aliphatic heterocycles. The molecule has 0 spiro atoms. The molecule has 4 aromatic rings. The van der Waals surface area contributed by atoms with Crippen LogP contribution in [0.3, 0.4) is 0 Å². The minimum Gasteiger partial charge on any atom is -0.496 e. The first kappa shape index (κ1) is 24.8. The first-order valence-electron chi connectivity index (χ1n) is 13.1. The molecule has 0 saturated carbocycles. The number of hydrogen-bond acceptors (Lipinski definition) is 5. The molecular weight excluding hydrogens is 462 g/mol. The molecule has 0 radical (unpaired) electrons. The fourth-order valence-electron chi connectivity index (χ4n) is 5.58. The Morgan fingerprint density at radius 1 is 1.16 bits per heavy atom. The topological polar surface area (TPSA) is 85.8 Å². The highest BCUT2D eigenvalue weighted by Crippen LogP contribution is 2.37. The van der Waals surface area contributed by atoms with Gasteiger partial charge in [0.2, 0.25) is 5.91 Å². The molecule has 7 nitrogen and oxygen atoms in total. The number of benzene rings is 2. The Labute approximate surface area is 218 Å². The molecule has 2 aromatic heterocycles. The van der Waals surface area contributed by atoms with Gasteiger partial charge >= 0.3 is 0 Å². The van der Waals surface area contributed by atoms with Crippen LogP contribution in [-0.4, -0.2) is 44.9 Å². The average Bonchev–Trinajstić information content (AvgIpc) is 3.33. The third kappa shape index (κ3) is 4.54. The molecule has 192 valence electrons. The van der Waals surface area contributed by atoms with Crippen molar-refractivity contribution in [2.24, 2.45) is 0 Å². The van der Waals surface area contributed by atoms with Crippen molar-refractivity contribution in [3.05, 3.63) is 77.9 Å². The van der Waals surface area contributed by atoms with Gasteiger partial charge in [-0.25, -0.2) is 9.97 Å². The third-order valence-electron chi connectivity index (χ3n) is 7.77. The summed E-state index contributed by atoms with van der Waals surface area (Å²) in [5.74, 6) is 2.79. The van der Waals surface area contributed by atoms with E-state index in [1.165, 1.54) is 5.56 Å². The quantitative estimate of drug-likeness (QED) is 0.372. The number of nitrogens with two attached hydrogens (primary N) is 1. The number of imidazole rings is 1. The predicted octanol–water partition coefficient (Wildman–Crippen LogP) is 5.64. The van der Waals surface area contributed by atoms with Gasteiger partial charge in [0.15, 0.2) is 0 Å². The first-order chi connectivity index (χ1) is 17.9. The lowest BCUT2D eigenvalue weighted by Crippen LogP contribution is -2.44. The fourth-order valence-corrected chi connectivity index (χ4v) is 5.58. The minimum atomic E-state index is 0.139. The van der Waals surface area contributed by atoms with Gasteiger partial charge in [-0.3, -0.25) is 9.20 Å². The van der Waals surface area contributed by atoms with E-state index in [9.17, 15) is 4.79 Å². The molecule has 2 N–H and O–H groups in total. The molecule has 1 fully saturated rings. The summed E-state index contributed by atoms with van der Waals surface area (Å²) in [5.41, 5.74) is 11.4. The highest BCUT2D eigenvalue weighted by atomic mass is 16.5. The average molecular weight is 498 g/mol. The van der Waals surface area contributed by atoms with Crippen molar-refractivity contribution in [2.75, 3.05) is 19.4 Å². The number of carbonyl (C=O) groups excluding carboxylic acids is 1. The molecular formula is C30H35N5O2. The van der Waals surface area contributed by atoms with Crippen LogP contribution in [0.25, 0.3) is 16.8 Å². The van der Waals surface area contributed by atoms with Crippen molar-refractivity contribution >= 4 is 17.2 Å². The van der Waals surface area contributed by atoms with Gasteiger partial charge in [-0.15, -0.1) is 0 Å². The lowest BCUT2D eigenvalue weighted by atomic mass is 9.91. The summed E-state index contributed by atoms with van der Waals surface area (Å²) in [6, 6.07) is 16.9.